The Morgan fingerprint density at radius 2 is 1.19 bits per heavy atom. The summed E-state index contributed by atoms with van der Waals surface area (Å²) in [7, 11) is 0. The lowest BCUT2D eigenvalue weighted by Gasteiger charge is -2.28. The SMILES string of the molecule is CCCCCCNC(=O)[C@@](O)(CNC(=O)c1ccc(C(=O)N2C[C@@H](C(=O)N[C@H]3C[C@@H]3c3ccccc3)[C@H](C(=O)N[C@H]3C[C@@H]3c3ccccc3)C2)cc1)NC(=O)CCCC. The van der Waals surface area contributed by atoms with Crippen LogP contribution in [-0.2, 0) is 19.2 Å². The highest BCUT2D eigenvalue weighted by Gasteiger charge is 2.49. The van der Waals surface area contributed by atoms with Gasteiger partial charge in [-0.25, -0.2) is 0 Å². The highest BCUT2D eigenvalue weighted by atomic mass is 16.3. The highest BCUT2D eigenvalue weighted by Crippen LogP contribution is 2.42. The summed E-state index contributed by atoms with van der Waals surface area (Å²) < 4.78 is 0. The summed E-state index contributed by atoms with van der Waals surface area (Å²) in [5, 5.41) is 25.2. The molecule has 2 saturated carbocycles. The quantitative estimate of drug-likeness (QED) is 0.0732. The van der Waals surface area contributed by atoms with Gasteiger partial charge >= 0.3 is 0 Å². The number of aliphatic hydroxyl groups is 1. The number of rotatable bonds is 20. The standard InChI is InChI=1S/C46H58N6O7/c1-3-5-7-14-24-47-45(58)46(59,51-40(53)19-6-4-2)29-48-41(54)32-20-22-33(23-21-32)44(57)52-27-36(42(55)49-38-25-34(38)30-15-10-8-11-16-30)37(28-52)43(56)50-39-26-35(39)31-17-12-9-13-18-31/h8-13,15-18,20-23,34-39,59H,3-7,14,19,24-29H2,1-2H3,(H,47,58)(H,48,54)(H,49,55)(H,50,56)(H,51,53)/t34-,35-,36-,37-,38+,39+,46+/m1/s1. The minimum absolute atomic E-state index is 0.0406. The van der Waals surface area contributed by atoms with E-state index in [2.05, 4.69) is 33.5 Å². The number of benzene rings is 3. The first-order chi connectivity index (χ1) is 28.5. The maximum Gasteiger partial charge on any atom is 0.275 e. The van der Waals surface area contributed by atoms with E-state index in [4.69, 9.17) is 0 Å². The van der Waals surface area contributed by atoms with Crippen LogP contribution in [0.25, 0.3) is 0 Å². The van der Waals surface area contributed by atoms with E-state index in [1.807, 2.05) is 67.6 Å². The molecule has 0 bridgehead atoms. The average molecular weight is 807 g/mol. The number of nitrogens with one attached hydrogen (secondary N) is 5. The fourth-order valence-corrected chi connectivity index (χ4v) is 7.90. The van der Waals surface area contributed by atoms with Gasteiger partial charge < -0.3 is 36.6 Å². The molecule has 13 nitrogen and oxygen atoms in total. The molecule has 314 valence electrons. The molecule has 6 amide bonds. The molecule has 1 aliphatic heterocycles. The Labute approximate surface area is 346 Å². The monoisotopic (exact) mass is 806 g/mol. The topological polar surface area (TPSA) is 186 Å². The molecular weight excluding hydrogens is 749 g/mol. The second kappa shape index (κ2) is 19.9. The van der Waals surface area contributed by atoms with Crippen LogP contribution in [-0.4, -0.2) is 89.4 Å². The smallest absolute Gasteiger partial charge is 0.275 e. The van der Waals surface area contributed by atoms with Crippen molar-refractivity contribution in [2.75, 3.05) is 26.2 Å². The van der Waals surface area contributed by atoms with E-state index < -0.39 is 41.8 Å². The zero-order chi connectivity index (χ0) is 41.9. The first-order valence-electron chi connectivity index (χ1n) is 21.2. The van der Waals surface area contributed by atoms with Gasteiger partial charge in [0.25, 0.3) is 17.7 Å². The number of amides is 6. The molecule has 0 radical (unpaired) electrons. The third-order valence-electron chi connectivity index (χ3n) is 11.7. The Hall–Kier alpha value is -5.56. The fraction of sp³-hybridized carbons (Fsp3) is 0.478. The molecule has 3 fully saturated rings. The van der Waals surface area contributed by atoms with Crippen molar-refractivity contribution >= 4 is 35.4 Å². The fourth-order valence-electron chi connectivity index (χ4n) is 7.90. The molecule has 6 rings (SSSR count). The van der Waals surface area contributed by atoms with Crippen molar-refractivity contribution in [3.05, 3.63) is 107 Å². The van der Waals surface area contributed by atoms with Crippen molar-refractivity contribution in [3.8, 4) is 0 Å². The van der Waals surface area contributed by atoms with Crippen LogP contribution in [0.2, 0.25) is 0 Å². The van der Waals surface area contributed by atoms with Gasteiger partial charge in [0.1, 0.15) is 0 Å². The van der Waals surface area contributed by atoms with Crippen molar-refractivity contribution in [1.82, 2.24) is 31.5 Å². The highest BCUT2D eigenvalue weighted by molar-refractivity contribution is 5.99. The Morgan fingerprint density at radius 3 is 1.71 bits per heavy atom. The molecular formula is C46H58N6O7. The number of carbonyl (C=O) groups is 6. The number of unbranched alkanes of at least 4 members (excludes halogenated alkanes) is 4. The lowest BCUT2D eigenvalue weighted by Crippen LogP contribution is -2.64. The predicted octanol–water partition coefficient (Wildman–Crippen LogP) is 4.14. The molecule has 1 saturated heterocycles. The molecule has 59 heavy (non-hydrogen) atoms. The minimum atomic E-state index is -2.37. The molecule has 2 aliphatic carbocycles. The van der Waals surface area contributed by atoms with Gasteiger partial charge in [0.15, 0.2) is 0 Å². The summed E-state index contributed by atoms with van der Waals surface area (Å²) in [5.41, 5.74) is 0.355. The summed E-state index contributed by atoms with van der Waals surface area (Å²) in [6, 6.07) is 25.8. The van der Waals surface area contributed by atoms with Crippen molar-refractivity contribution in [1.29, 1.82) is 0 Å². The molecule has 1 heterocycles. The zero-order valence-corrected chi connectivity index (χ0v) is 34.1. The van der Waals surface area contributed by atoms with Gasteiger partial charge in [-0.3, -0.25) is 28.8 Å². The van der Waals surface area contributed by atoms with Gasteiger partial charge in [0, 0.05) is 61.1 Å². The van der Waals surface area contributed by atoms with E-state index in [1.54, 1.807) is 0 Å². The number of nitrogens with zero attached hydrogens (tertiary/aromatic N) is 1. The van der Waals surface area contributed by atoms with E-state index in [9.17, 15) is 33.9 Å². The lowest BCUT2D eigenvalue weighted by molar-refractivity contribution is -0.148. The van der Waals surface area contributed by atoms with Crippen LogP contribution in [0.1, 0.15) is 115 Å². The first-order valence-corrected chi connectivity index (χ1v) is 21.2. The number of hydrogen-bond acceptors (Lipinski definition) is 7. The largest absolute Gasteiger partial charge is 0.362 e. The van der Waals surface area contributed by atoms with Crippen LogP contribution in [0, 0.1) is 11.8 Å². The molecule has 7 atom stereocenters. The third kappa shape index (κ3) is 11.3. The van der Waals surface area contributed by atoms with Crippen LogP contribution in [0.4, 0.5) is 0 Å². The van der Waals surface area contributed by atoms with Crippen molar-refractivity contribution in [3.63, 3.8) is 0 Å². The first kappa shape index (κ1) is 43.0. The van der Waals surface area contributed by atoms with E-state index in [-0.39, 0.29) is 72.3 Å². The number of likely N-dealkylation sites (tertiary alicyclic amines) is 1. The Bertz CT molecular complexity index is 1870. The molecule has 13 heteroatoms. The molecule has 6 N–H and O–H groups in total. The van der Waals surface area contributed by atoms with E-state index in [1.165, 1.54) is 29.2 Å². The normalized spacial score (nSPS) is 22.7. The van der Waals surface area contributed by atoms with Crippen LogP contribution in [0.3, 0.4) is 0 Å². The van der Waals surface area contributed by atoms with Crippen molar-refractivity contribution in [2.24, 2.45) is 11.8 Å². The molecule has 3 aromatic rings. The Kier molecular flexibility index (Phi) is 14.5. The maximum atomic E-state index is 13.9. The molecule has 0 unspecified atom stereocenters. The Balaban J connectivity index is 1.08. The lowest BCUT2D eigenvalue weighted by atomic mass is 9.94. The van der Waals surface area contributed by atoms with E-state index >= 15 is 0 Å². The second-order valence-electron chi connectivity index (χ2n) is 16.2. The molecule has 0 aromatic heterocycles. The van der Waals surface area contributed by atoms with Gasteiger partial charge in [0.05, 0.1) is 18.4 Å². The summed E-state index contributed by atoms with van der Waals surface area (Å²) in [6.07, 6.45) is 6.70. The van der Waals surface area contributed by atoms with Gasteiger partial charge in [-0.15, -0.1) is 0 Å². The van der Waals surface area contributed by atoms with Crippen molar-refractivity contribution < 1.29 is 33.9 Å². The second-order valence-corrected chi connectivity index (χ2v) is 16.2. The molecule has 3 aromatic carbocycles. The van der Waals surface area contributed by atoms with Gasteiger partial charge in [-0.2, -0.15) is 0 Å². The van der Waals surface area contributed by atoms with Crippen LogP contribution < -0.4 is 26.6 Å². The maximum absolute atomic E-state index is 13.9. The van der Waals surface area contributed by atoms with E-state index in [0.717, 1.165) is 49.7 Å². The van der Waals surface area contributed by atoms with E-state index in [0.29, 0.717) is 19.4 Å². The van der Waals surface area contributed by atoms with Gasteiger partial charge in [-0.1, -0.05) is 100 Å². The molecule has 0 spiro atoms. The summed E-state index contributed by atoms with van der Waals surface area (Å²) in [5.74, 6) is -3.92. The summed E-state index contributed by atoms with van der Waals surface area (Å²) in [6.45, 7) is 3.85. The predicted molar refractivity (Wildman–Crippen MR) is 223 cm³/mol. The van der Waals surface area contributed by atoms with Gasteiger partial charge in [0.2, 0.25) is 23.4 Å². The Morgan fingerprint density at radius 1 is 0.661 bits per heavy atom. The summed E-state index contributed by atoms with van der Waals surface area (Å²) in [4.78, 5) is 82.0. The zero-order valence-electron chi connectivity index (χ0n) is 34.1. The summed E-state index contributed by atoms with van der Waals surface area (Å²) >= 11 is 0. The third-order valence-corrected chi connectivity index (χ3v) is 11.7. The molecule has 3 aliphatic rings. The van der Waals surface area contributed by atoms with Crippen molar-refractivity contribution in [2.45, 2.75) is 101 Å². The van der Waals surface area contributed by atoms with Crippen LogP contribution >= 0.6 is 0 Å². The van der Waals surface area contributed by atoms with Gasteiger partial charge in [-0.05, 0) is 61.1 Å². The minimum Gasteiger partial charge on any atom is -0.362 e. The number of hydrogen-bond donors (Lipinski definition) is 6. The van der Waals surface area contributed by atoms with Crippen LogP contribution in [0.15, 0.2) is 84.9 Å². The average Bonchev–Trinajstić information content (AvgIpc) is 4.16. The number of carbonyl (C=O) groups excluding carboxylic acids is 6. The van der Waals surface area contributed by atoms with Crippen LogP contribution in [0.5, 0.6) is 0 Å².